The van der Waals surface area contributed by atoms with E-state index in [-0.39, 0.29) is 27.8 Å². The van der Waals surface area contributed by atoms with Crippen LogP contribution in [0.5, 0.6) is 0 Å². The van der Waals surface area contributed by atoms with Crippen LogP contribution in [0, 0.1) is 0 Å². The highest BCUT2D eigenvalue weighted by Gasteiger charge is 2.99. The predicted molar refractivity (Wildman–Crippen MR) is 220 cm³/mol. The molecule has 0 aliphatic heterocycles. The summed E-state index contributed by atoms with van der Waals surface area (Å²) < 4.78 is 339. The maximum absolute atomic E-state index is 16.3. The SMILES string of the molecule is O=C(OS(c1ccccc1)(c1ccccc1)c1c(-c2ccccc2)cc(-c2ccccc2)cc1-c1ccccc1)C(F)(F)C(F)(F)C(F)(F)C(F)(F)C(F)(F)C(F)(F)C(F)(F)C(F)(F)C(F)(F)C(F)(F)C(F)(F)F. The Labute approximate surface area is 402 Å². The average Bonchev–Trinajstić information content (AvgIpc) is 3.35. The Balaban J connectivity index is 1.61. The molecule has 6 rings (SSSR count). The molecule has 2 nitrogen and oxygen atoms in total. The van der Waals surface area contributed by atoms with Gasteiger partial charge in [-0.15, -0.1) is 0 Å². The Kier molecular flexibility index (Phi) is 14.4. The summed E-state index contributed by atoms with van der Waals surface area (Å²) in [6, 6.07) is 35.8. The molecule has 0 amide bonds. The van der Waals surface area contributed by atoms with Gasteiger partial charge in [-0.2, -0.15) is 101 Å². The number of rotatable bonds is 17. The van der Waals surface area contributed by atoms with Gasteiger partial charge in [-0.3, -0.25) is 0 Å². The molecule has 0 N–H and O–H groups in total. The smallest absolute Gasteiger partial charge is 0.397 e. The number of halogens is 23. The van der Waals surface area contributed by atoms with Crippen molar-refractivity contribution in [1.82, 2.24) is 0 Å². The molecule has 26 heteroatoms. The van der Waals surface area contributed by atoms with Crippen LogP contribution < -0.4 is 0 Å². The minimum Gasteiger partial charge on any atom is -0.397 e. The zero-order valence-electron chi connectivity index (χ0n) is 36.0. The largest absolute Gasteiger partial charge is 0.460 e. The summed E-state index contributed by atoms with van der Waals surface area (Å²) in [5.41, 5.74) is 0.594. The summed E-state index contributed by atoms with van der Waals surface area (Å²) in [7, 11) is -4.80. The molecule has 0 saturated heterocycles. The molecule has 0 radical (unpaired) electrons. The van der Waals surface area contributed by atoms with Gasteiger partial charge < -0.3 is 4.18 Å². The Morgan fingerprint density at radius 2 is 0.568 bits per heavy atom. The van der Waals surface area contributed by atoms with Crippen LogP contribution >= 0.6 is 10.3 Å². The summed E-state index contributed by atoms with van der Waals surface area (Å²) in [5.74, 6) is -95.2. The minimum atomic E-state index is -9.61. The maximum Gasteiger partial charge on any atom is 0.460 e. The van der Waals surface area contributed by atoms with Crippen molar-refractivity contribution < 1.29 is 110 Å². The molecule has 0 aromatic heterocycles. The first-order valence-electron chi connectivity index (χ1n) is 20.2. The second-order valence-electron chi connectivity index (χ2n) is 15.8. The Hall–Kier alpha value is -6.47. The first-order chi connectivity index (χ1) is 33.9. The molecule has 0 aliphatic carbocycles. The van der Waals surface area contributed by atoms with E-state index in [1.165, 1.54) is 84.9 Å². The van der Waals surface area contributed by atoms with Gasteiger partial charge in [0.1, 0.15) is 0 Å². The third kappa shape index (κ3) is 8.37. The lowest BCUT2D eigenvalue weighted by Crippen LogP contribution is -2.78. The van der Waals surface area contributed by atoms with Crippen LogP contribution in [0.25, 0.3) is 33.4 Å². The van der Waals surface area contributed by atoms with Gasteiger partial charge in [-0.1, -0.05) is 127 Å². The van der Waals surface area contributed by atoms with Crippen LogP contribution in [0.4, 0.5) is 101 Å². The highest BCUT2D eigenvalue weighted by Crippen LogP contribution is 2.74. The van der Waals surface area contributed by atoms with E-state index in [0.29, 0.717) is 5.56 Å². The monoisotopic (exact) mass is 1100 g/mol. The van der Waals surface area contributed by atoms with Crippen molar-refractivity contribution in [1.29, 1.82) is 0 Å². The van der Waals surface area contributed by atoms with E-state index in [1.54, 1.807) is 30.3 Å². The maximum atomic E-state index is 16.3. The van der Waals surface area contributed by atoms with Crippen molar-refractivity contribution in [2.24, 2.45) is 0 Å². The van der Waals surface area contributed by atoms with E-state index in [0.717, 1.165) is 48.5 Å². The van der Waals surface area contributed by atoms with Crippen molar-refractivity contribution in [3.05, 3.63) is 164 Å². The molecule has 0 bridgehead atoms. The van der Waals surface area contributed by atoms with Crippen LogP contribution in [0.3, 0.4) is 0 Å². The summed E-state index contributed by atoms with van der Waals surface area (Å²) in [6.45, 7) is 0. The number of carbonyl (C=O) groups is 1. The molecule has 6 aromatic carbocycles. The highest BCUT2D eigenvalue weighted by atomic mass is 32.3. The third-order valence-electron chi connectivity index (χ3n) is 11.2. The van der Waals surface area contributed by atoms with Gasteiger partial charge in [0.15, 0.2) is 0 Å². The minimum absolute atomic E-state index is 0.0888. The molecular weight excluding hydrogens is 1080 g/mol. The molecule has 74 heavy (non-hydrogen) atoms. The molecule has 0 atom stereocenters. The van der Waals surface area contributed by atoms with Crippen molar-refractivity contribution in [2.75, 3.05) is 0 Å². The van der Waals surface area contributed by atoms with Crippen LogP contribution in [0.2, 0.25) is 0 Å². The fraction of sp³-hybridized carbons (Fsp3) is 0.229. The molecule has 0 spiro atoms. The molecule has 6 aromatic rings. The van der Waals surface area contributed by atoms with E-state index < -0.39 is 96.4 Å². The third-order valence-corrected chi connectivity index (χ3v) is 14.5. The number of carbonyl (C=O) groups excluding carboxylic acids is 1. The Bertz CT molecular complexity index is 2830. The van der Waals surface area contributed by atoms with E-state index >= 15 is 35.1 Å². The standard InChI is InChI=1S/C48H27F23O2S/c49-38(50,39(51,52)40(53,54)41(55,56)42(57,58)43(59,60)44(61,62)45(63,64)46(65,66)47(67,68)48(69,70)71)37(72)73-74(32-22-12-4-13-23-32,33-24-14-5-15-25-33)36-34(29-18-8-2-9-19-29)26-31(28-16-6-1-7-17-28)27-35(36)30-20-10-3-11-21-30/h1-27H. The topological polar surface area (TPSA) is 26.3 Å². The van der Waals surface area contributed by atoms with Crippen LogP contribution in [-0.2, 0) is 8.98 Å². The number of alkyl halides is 23. The summed E-state index contributed by atoms with van der Waals surface area (Å²) in [5, 5.41) is 0. The van der Waals surface area contributed by atoms with Gasteiger partial charge in [0.25, 0.3) is 0 Å². The molecule has 0 aliphatic rings. The van der Waals surface area contributed by atoms with Crippen molar-refractivity contribution in [2.45, 2.75) is 80.1 Å². The van der Waals surface area contributed by atoms with Crippen LogP contribution in [-0.4, -0.2) is 71.4 Å². The zero-order valence-corrected chi connectivity index (χ0v) is 36.8. The summed E-state index contributed by atoms with van der Waals surface area (Å²) in [6.07, 6.45) is -8.19. The molecule has 398 valence electrons. The van der Waals surface area contributed by atoms with Gasteiger partial charge in [-0.05, 0) is 80.1 Å². The van der Waals surface area contributed by atoms with Gasteiger partial charge in [-0.25, -0.2) is 4.79 Å². The van der Waals surface area contributed by atoms with E-state index in [4.69, 9.17) is 4.18 Å². The number of hydrogen-bond donors (Lipinski definition) is 0. The summed E-state index contributed by atoms with van der Waals surface area (Å²) >= 11 is 0. The molecule has 0 heterocycles. The lowest BCUT2D eigenvalue weighted by molar-refractivity contribution is -0.477. The molecule has 0 fully saturated rings. The number of benzene rings is 6. The lowest BCUT2D eigenvalue weighted by atomic mass is 9.85. The van der Waals surface area contributed by atoms with Crippen molar-refractivity contribution >= 4 is 16.3 Å². The predicted octanol–water partition coefficient (Wildman–Crippen LogP) is 17.3. The Morgan fingerprint density at radius 3 is 0.865 bits per heavy atom. The normalized spacial score (nSPS) is 14.4. The second kappa shape index (κ2) is 18.7. The fourth-order valence-electron chi connectivity index (χ4n) is 7.18. The molecular formula is C48H27F23O2S. The van der Waals surface area contributed by atoms with Gasteiger partial charge in [0.05, 0.1) is 0 Å². The average molecular weight is 1100 g/mol. The van der Waals surface area contributed by atoms with Gasteiger partial charge >= 0.3 is 71.4 Å². The van der Waals surface area contributed by atoms with E-state index in [1.807, 2.05) is 0 Å². The fourth-order valence-corrected chi connectivity index (χ4v) is 10.6. The second-order valence-corrected chi connectivity index (χ2v) is 18.4. The summed E-state index contributed by atoms with van der Waals surface area (Å²) in [4.78, 5) is 12.5. The first kappa shape index (κ1) is 56.8. The number of hydrogen-bond acceptors (Lipinski definition) is 2. The highest BCUT2D eigenvalue weighted by molar-refractivity contribution is 8.30. The van der Waals surface area contributed by atoms with Crippen LogP contribution in [0.15, 0.2) is 178 Å². The van der Waals surface area contributed by atoms with E-state index in [9.17, 15) is 70.7 Å². The lowest BCUT2D eigenvalue weighted by Gasteiger charge is -2.45. The van der Waals surface area contributed by atoms with Gasteiger partial charge in [0.2, 0.25) is 0 Å². The van der Waals surface area contributed by atoms with Crippen molar-refractivity contribution in [3.8, 4) is 33.4 Å². The first-order valence-corrected chi connectivity index (χ1v) is 21.8. The molecule has 0 unspecified atom stereocenters. The molecule has 0 saturated carbocycles. The zero-order chi connectivity index (χ0) is 55.6. The van der Waals surface area contributed by atoms with Gasteiger partial charge in [0, 0.05) is 14.7 Å². The van der Waals surface area contributed by atoms with Crippen LogP contribution in [0.1, 0.15) is 0 Å². The van der Waals surface area contributed by atoms with Crippen molar-refractivity contribution in [3.63, 3.8) is 0 Å². The Morgan fingerprint density at radius 1 is 0.311 bits per heavy atom. The quantitative estimate of drug-likeness (QED) is 0.0851. The van der Waals surface area contributed by atoms with E-state index in [2.05, 4.69) is 0 Å².